The van der Waals surface area contributed by atoms with E-state index in [0.717, 1.165) is 5.56 Å². The number of nitrogens with zero attached hydrogens (tertiary/aromatic N) is 1. The Balaban J connectivity index is 2.47. The standard InChI is InChI=1S/C14H13N3O3/c1-9-6-7-10(14(15)16)13(8-9)20-12-5-3-2-4-11(12)17(18)19/h2-8H,1H3,(H3,15,16). The maximum atomic E-state index is 11.0. The summed E-state index contributed by atoms with van der Waals surface area (Å²) in [4.78, 5) is 10.4. The van der Waals surface area contributed by atoms with Crippen LogP contribution < -0.4 is 10.5 Å². The second kappa shape index (κ2) is 5.40. The van der Waals surface area contributed by atoms with E-state index >= 15 is 0 Å². The molecule has 0 bridgehead atoms. The number of nitrogens with one attached hydrogen (secondary N) is 1. The van der Waals surface area contributed by atoms with Crippen LogP contribution in [0.5, 0.6) is 11.5 Å². The first-order valence-corrected chi connectivity index (χ1v) is 5.85. The van der Waals surface area contributed by atoms with Gasteiger partial charge in [0, 0.05) is 6.07 Å². The number of rotatable bonds is 4. The summed E-state index contributed by atoms with van der Waals surface area (Å²) in [6.07, 6.45) is 0. The number of para-hydroxylation sites is 2. The van der Waals surface area contributed by atoms with Crippen molar-refractivity contribution in [1.29, 1.82) is 5.41 Å². The van der Waals surface area contributed by atoms with Crippen molar-refractivity contribution >= 4 is 11.5 Å². The largest absolute Gasteiger partial charge is 0.449 e. The van der Waals surface area contributed by atoms with Gasteiger partial charge in [0.25, 0.3) is 0 Å². The van der Waals surface area contributed by atoms with Crippen molar-refractivity contribution < 1.29 is 9.66 Å². The minimum Gasteiger partial charge on any atom is -0.449 e. The zero-order valence-corrected chi connectivity index (χ0v) is 10.8. The minimum absolute atomic E-state index is 0.116. The molecule has 0 saturated carbocycles. The average molecular weight is 271 g/mol. The summed E-state index contributed by atoms with van der Waals surface area (Å²) in [5.41, 5.74) is 6.65. The van der Waals surface area contributed by atoms with Crippen LogP contribution in [0.3, 0.4) is 0 Å². The van der Waals surface area contributed by atoms with Crippen LogP contribution in [0.4, 0.5) is 5.69 Å². The van der Waals surface area contributed by atoms with E-state index in [2.05, 4.69) is 0 Å². The van der Waals surface area contributed by atoms with Gasteiger partial charge >= 0.3 is 5.69 Å². The molecule has 2 rings (SSSR count). The molecule has 0 spiro atoms. The molecule has 0 aliphatic rings. The molecule has 0 radical (unpaired) electrons. The predicted octanol–water partition coefficient (Wildman–Crippen LogP) is 2.98. The fraction of sp³-hybridized carbons (Fsp3) is 0.0714. The molecule has 6 nitrogen and oxygen atoms in total. The van der Waals surface area contributed by atoms with E-state index in [9.17, 15) is 10.1 Å². The molecule has 0 aliphatic heterocycles. The number of nitrogens with two attached hydrogens (primary N) is 1. The van der Waals surface area contributed by atoms with E-state index in [-0.39, 0.29) is 17.3 Å². The Morgan fingerprint density at radius 2 is 1.95 bits per heavy atom. The normalized spacial score (nSPS) is 10.1. The van der Waals surface area contributed by atoms with Crippen LogP contribution >= 0.6 is 0 Å². The Morgan fingerprint density at radius 3 is 2.60 bits per heavy atom. The van der Waals surface area contributed by atoms with Gasteiger partial charge in [-0.2, -0.15) is 0 Å². The highest BCUT2D eigenvalue weighted by atomic mass is 16.6. The van der Waals surface area contributed by atoms with Crippen molar-refractivity contribution in [2.75, 3.05) is 0 Å². The summed E-state index contributed by atoms with van der Waals surface area (Å²) >= 11 is 0. The van der Waals surface area contributed by atoms with Crippen LogP contribution in [-0.4, -0.2) is 10.8 Å². The van der Waals surface area contributed by atoms with Gasteiger partial charge in [0.1, 0.15) is 11.6 Å². The summed E-state index contributed by atoms with van der Waals surface area (Å²) in [5, 5.41) is 18.5. The molecule has 0 aliphatic carbocycles. The van der Waals surface area contributed by atoms with E-state index in [4.69, 9.17) is 15.9 Å². The summed E-state index contributed by atoms with van der Waals surface area (Å²) in [6, 6.07) is 11.2. The average Bonchev–Trinajstić information content (AvgIpc) is 2.38. The third kappa shape index (κ3) is 2.74. The summed E-state index contributed by atoms with van der Waals surface area (Å²) in [6.45, 7) is 1.86. The summed E-state index contributed by atoms with van der Waals surface area (Å²) < 4.78 is 5.58. The Morgan fingerprint density at radius 1 is 1.25 bits per heavy atom. The van der Waals surface area contributed by atoms with Gasteiger partial charge in [0.05, 0.1) is 10.5 Å². The highest BCUT2D eigenvalue weighted by Gasteiger charge is 2.16. The van der Waals surface area contributed by atoms with Gasteiger partial charge < -0.3 is 10.5 Å². The quantitative estimate of drug-likeness (QED) is 0.386. The first kappa shape index (κ1) is 13.5. The topological polar surface area (TPSA) is 102 Å². The molecule has 102 valence electrons. The molecule has 0 unspecified atom stereocenters. The number of amidine groups is 1. The highest BCUT2D eigenvalue weighted by Crippen LogP contribution is 2.32. The van der Waals surface area contributed by atoms with Gasteiger partial charge in [-0.05, 0) is 30.7 Å². The van der Waals surface area contributed by atoms with Crippen LogP contribution in [0.1, 0.15) is 11.1 Å². The maximum absolute atomic E-state index is 11.0. The first-order valence-electron chi connectivity index (χ1n) is 5.85. The van der Waals surface area contributed by atoms with Crippen LogP contribution in [0.15, 0.2) is 42.5 Å². The third-order valence-electron chi connectivity index (χ3n) is 2.71. The second-order valence-corrected chi connectivity index (χ2v) is 4.24. The lowest BCUT2D eigenvalue weighted by Gasteiger charge is -2.11. The van der Waals surface area contributed by atoms with Gasteiger partial charge in [-0.25, -0.2) is 0 Å². The molecular formula is C14H13N3O3. The lowest BCUT2D eigenvalue weighted by molar-refractivity contribution is -0.385. The number of hydrogen-bond acceptors (Lipinski definition) is 4. The highest BCUT2D eigenvalue weighted by molar-refractivity contribution is 5.97. The zero-order valence-electron chi connectivity index (χ0n) is 10.8. The fourth-order valence-corrected chi connectivity index (χ4v) is 1.75. The zero-order chi connectivity index (χ0) is 14.7. The van der Waals surface area contributed by atoms with Gasteiger partial charge in [0.15, 0.2) is 0 Å². The number of nitro groups is 1. The van der Waals surface area contributed by atoms with Gasteiger partial charge in [-0.15, -0.1) is 0 Å². The molecule has 3 N–H and O–H groups in total. The summed E-state index contributed by atoms with van der Waals surface area (Å²) in [5.74, 6) is 0.288. The van der Waals surface area contributed by atoms with Crippen molar-refractivity contribution in [2.24, 2.45) is 5.73 Å². The number of nitrogen functional groups attached to an aromatic ring is 1. The monoisotopic (exact) mass is 271 g/mol. The molecule has 20 heavy (non-hydrogen) atoms. The second-order valence-electron chi connectivity index (χ2n) is 4.24. The third-order valence-corrected chi connectivity index (χ3v) is 2.71. The number of benzene rings is 2. The Labute approximate surface area is 115 Å². The van der Waals surface area contributed by atoms with Crippen molar-refractivity contribution in [3.8, 4) is 11.5 Å². The van der Waals surface area contributed by atoms with Crippen molar-refractivity contribution in [1.82, 2.24) is 0 Å². The lowest BCUT2D eigenvalue weighted by atomic mass is 10.1. The van der Waals surface area contributed by atoms with E-state index in [1.54, 1.807) is 30.3 Å². The van der Waals surface area contributed by atoms with Crippen LogP contribution in [0, 0.1) is 22.4 Å². The van der Waals surface area contributed by atoms with E-state index < -0.39 is 4.92 Å². The van der Waals surface area contributed by atoms with Crippen LogP contribution in [0.2, 0.25) is 0 Å². The molecular weight excluding hydrogens is 258 g/mol. The molecule has 6 heteroatoms. The first-order chi connectivity index (χ1) is 9.49. The van der Waals surface area contributed by atoms with Crippen molar-refractivity contribution in [3.63, 3.8) is 0 Å². The molecule has 0 aromatic heterocycles. The molecule has 0 fully saturated rings. The van der Waals surface area contributed by atoms with Gasteiger partial charge in [-0.1, -0.05) is 18.2 Å². The number of hydrogen-bond donors (Lipinski definition) is 2. The number of nitro benzene ring substituents is 1. The van der Waals surface area contributed by atoms with E-state index in [1.165, 1.54) is 12.1 Å². The molecule has 0 saturated heterocycles. The maximum Gasteiger partial charge on any atom is 0.311 e. The van der Waals surface area contributed by atoms with Gasteiger partial charge in [0.2, 0.25) is 5.75 Å². The van der Waals surface area contributed by atoms with E-state index in [1.807, 2.05) is 6.92 Å². The van der Waals surface area contributed by atoms with Crippen molar-refractivity contribution in [3.05, 3.63) is 63.7 Å². The molecule has 2 aromatic rings. The Bertz CT molecular complexity index is 683. The van der Waals surface area contributed by atoms with E-state index in [0.29, 0.717) is 11.3 Å². The Hall–Kier alpha value is -2.89. The number of ether oxygens (including phenoxy) is 1. The predicted molar refractivity (Wildman–Crippen MR) is 75.4 cm³/mol. The van der Waals surface area contributed by atoms with Crippen LogP contribution in [0.25, 0.3) is 0 Å². The van der Waals surface area contributed by atoms with Crippen molar-refractivity contribution in [2.45, 2.75) is 6.92 Å². The smallest absolute Gasteiger partial charge is 0.311 e. The van der Waals surface area contributed by atoms with Crippen LogP contribution in [-0.2, 0) is 0 Å². The minimum atomic E-state index is -0.515. The molecule has 2 aromatic carbocycles. The lowest BCUT2D eigenvalue weighted by Crippen LogP contribution is -2.12. The SMILES string of the molecule is Cc1ccc(C(=N)N)c(Oc2ccccc2[N+](=O)[O-])c1. The molecule has 0 heterocycles. The number of aryl methyl sites for hydroxylation is 1. The summed E-state index contributed by atoms with van der Waals surface area (Å²) in [7, 11) is 0. The Kier molecular flexibility index (Phi) is 3.65. The fourth-order valence-electron chi connectivity index (χ4n) is 1.75. The molecule has 0 amide bonds. The van der Waals surface area contributed by atoms with Gasteiger partial charge in [-0.3, -0.25) is 15.5 Å². The molecule has 0 atom stereocenters.